The van der Waals surface area contributed by atoms with Crippen molar-refractivity contribution in [3.05, 3.63) is 59.4 Å². The van der Waals surface area contributed by atoms with Gasteiger partial charge < -0.3 is 19.7 Å². The number of hydrogen-bond acceptors (Lipinski definition) is 6. The lowest BCUT2D eigenvalue weighted by atomic mass is 9.51. The summed E-state index contributed by atoms with van der Waals surface area (Å²) in [4.78, 5) is 24.4. The normalized spacial score (nSPS) is 35.5. The minimum absolute atomic E-state index is 0.247. The molecule has 1 heterocycles. The van der Waals surface area contributed by atoms with E-state index in [1.165, 1.54) is 12.2 Å². The highest BCUT2D eigenvalue weighted by molar-refractivity contribution is 5.94. The van der Waals surface area contributed by atoms with Gasteiger partial charge in [0.25, 0.3) is 0 Å². The van der Waals surface area contributed by atoms with Crippen LogP contribution >= 0.6 is 0 Å². The van der Waals surface area contributed by atoms with Gasteiger partial charge in [0, 0.05) is 22.6 Å². The number of esters is 2. The molecule has 4 atom stereocenters. The molecule has 0 aromatic rings. The number of carbonyl (C=O) groups is 2. The van der Waals surface area contributed by atoms with Crippen LogP contribution in [0.2, 0.25) is 0 Å². The highest BCUT2D eigenvalue weighted by Crippen LogP contribution is 2.59. The van der Waals surface area contributed by atoms with E-state index in [2.05, 4.69) is 6.92 Å². The summed E-state index contributed by atoms with van der Waals surface area (Å²) < 4.78 is 10.9. The van der Waals surface area contributed by atoms with Crippen LogP contribution in [0, 0.1) is 5.41 Å². The monoisotopic (exact) mass is 428 g/mol. The van der Waals surface area contributed by atoms with Gasteiger partial charge in [0.2, 0.25) is 0 Å². The predicted octanol–water partition coefficient (Wildman–Crippen LogP) is 3.81. The standard InChI is InChI=1S/C25H32O6/c1-5-6-7-8-9-10-11-12-21(26)31-20-13-14-24(4,28)23(3)15-18-17(2)22(27)30-19(18)16-25(20,23)29/h7-12,16,20,28-29H,5-6,13-15H2,1-4H3/b8-7-,10-9+,12-11+/t20-,23-,24-,25+/m0/s1. The molecule has 2 aliphatic carbocycles. The maximum atomic E-state index is 12.4. The van der Waals surface area contributed by atoms with Gasteiger partial charge in [-0.3, -0.25) is 0 Å². The fourth-order valence-electron chi connectivity index (χ4n) is 4.65. The topological polar surface area (TPSA) is 93.1 Å². The molecule has 0 aromatic heterocycles. The van der Waals surface area contributed by atoms with E-state index < -0.39 is 34.7 Å². The molecule has 0 saturated heterocycles. The minimum atomic E-state index is -1.68. The average molecular weight is 429 g/mol. The fraction of sp³-hybridized carbons (Fsp3) is 0.520. The third-order valence-electron chi connectivity index (χ3n) is 7.01. The van der Waals surface area contributed by atoms with E-state index in [4.69, 9.17) is 9.47 Å². The zero-order valence-electron chi connectivity index (χ0n) is 18.7. The lowest BCUT2D eigenvalue weighted by molar-refractivity contribution is -0.240. The first-order valence-electron chi connectivity index (χ1n) is 10.9. The highest BCUT2D eigenvalue weighted by atomic mass is 16.6. The number of ether oxygens (including phenoxy) is 2. The Hall–Kier alpha value is -2.44. The fourth-order valence-corrected chi connectivity index (χ4v) is 4.65. The van der Waals surface area contributed by atoms with E-state index in [0.717, 1.165) is 12.8 Å². The highest BCUT2D eigenvalue weighted by Gasteiger charge is 2.66. The molecule has 168 valence electrons. The second kappa shape index (κ2) is 8.60. The van der Waals surface area contributed by atoms with Crippen LogP contribution < -0.4 is 0 Å². The van der Waals surface area contributed by atoms with Gasteiger partial charge >= 0.3 is 11.9 Å². The van der Waals surface area contributed by atoms with Crippen LogP contribution in [-0.4, -0.2) is 39.5 Å². The van der Waals surface area contributed by atoms with Gasteiger partial charge in [0.15, 0.2) is 0 Å². The Kier molecular flexibility index (Phi) is 6.44. The van der Waals surface area contributed by atoms with Crippen LogP contribution in [0.15, 0.2) is 59.4 Å². The zero-order valence-corrected chi connectivity index (χ0v) is 18.7. The van der Waals surface area contributed by atoms with Crippen LogP contribution in [-0.2, 0) is 19.1 Å². The van der Waals surface area contributed by atoms with Gasteiger partial charge in [-0.05, 0) is 45.6 Å². The Bertz CT molecular complexity index is 903. The van der Waals surface area contributed by atoms with Crippen molar-refractivity contribution in [2.24, 2.45) is 5.41 Å². The molecule has 3 rings (SSSR count). The summed E-state index contributed by atoms with van der Waals surface area (Å²) in [5.74, 6) is -0.745. The first-order valence-corrected chi connectivity index (χ1v) is 10.9. The third-order valence-corrected chi connectivity index (χ3v) is 7.01. The van der Waals surface area contributed by atoms with E-state index >= 15 is 0 Å². The Morgan fingerprint density at radius 2 is 1.97 bits per heavy atom. The number of unbranched alkanes of at least 4 members (excludes halogenated alkanes) is 1. The van der Waals surface area contributed by atoms with Crippen LogP contribution in [0.1, 0.15) is 59.8 Å². The van der Waals surface area contributed by atoms with Crippen molar-refractivity contribution < 1.29 is 29.3 Å². The molecule has 1 saturated carbocycles. The predicted molar refractivity (Wildman–Crippen MR) is 117 cm³/mol. The molecule has 3 aliphatic rings. The summed E-state index contributed by atoms with van der Waals surface area (Å²) in [6.07, 6.45) is 13.9. The van der Waals surface area contributed by atoms with Crippen LogP contribution in [0.3, 0.4) is 0 Å². The van der Waals surface area contributed by atoms with E-state index in [-0.39, 0.29) is 12.8 Å². The van der Waals surface area contributed by atoms with Crippen molar-refractivity contribution in [3.63, 3.8) is 0 Å². The number of fused-ring (bicyclic) bond motifs is 2. The number of allylic oxidation sites excluding steroid dienone is 6. The van der Waals surface area contributed by atoms with Gasteiger partial charge in [-0.1, -0.05) is 50.6 Å². The van der Waals surface area contributed by atoms with Crippen molar-refractivity contribution in [3.8, 4) is 0 Å². The quantitative estimate of drug-likeness (QED) is 0.380. The SMILES string of the molecule is CCC\C=C/C=C/C=C/C(=O)O[C@H]1CC[C@](C)(O)[C@]2(C)CC3=C(C)C(=O)OC3=C[C@@]12O. The third kappa shape index (κ3) is 4.06. The van der Waals surface area contributed by atoms with Gasteiger partial charge in [0.1, 0.15) is 17.5 Å². The van der Waals surface area contributed by atoms with Gasteiger partial charge in [-0.2, -0.15) is 0 Å². The number of hydrogen-bond donors (Lipinski definition) is 2. The summed E-state index contributed by atoms with van der Waals surface area (Å²) in [5, 5.41) is 22.9. The second-order valence-corrected chi connectivity index (χ2v) is 9.03. The van der Waals surface area contributed by atoms with E-state index in [1.54, 1.807) is 32.9 Å². The van der Waals surface area contributed by atoms with Crippen LogP contribution in [0.25, 0.3) is 0 Å². The molecule has 0 bridgehead atoms. The molecule has 6 heteroatoms. The van der Waals surface area contributed by atoms with Crippen molar-refractivity contribution in [1.82, 2.24) is 0 Å². The molecule has 0 amide bonds. The number of aliphatic hydroxyl groups is 2. The molecular weight excluding hydrogens is 396 g/mol. The van der Waals surface area contributed by atoms with Gasteiger partial charge in [-0.15, -0.1) is 0 Å². The second-order valence-electron chi connectivity index (χ2n) is 9.03. The molecule has 0 radical (unpaired) electrons. The maximum absolute atomic E-state index is 12.4. The first kappa shape index (κ1) is 23.2. The van der Waals surface area contributed by atoms with Crippen LogP contribution in [0.5, 0.6) is 0 Å². The Morgan fingerprint density at radius 1 is 1.26 bits per heavy atom. The van der Waals surface area contributed by atoms with E-state index in [0.29, 0.717) is 23.3 Å². The summed E-state index contributed by atoms with van der Waals surface area (Å²) in [6.45, 7) is 7.23. The lowest BCUT2D eigenvalue weighted by Gasteiger charge is -2.59. The molecule has 31 heavy (non-hydrogen) atoms. The van der Waals surface area contributed by atoms with Gasteiger partial charge in [-0.25, -0.2) is 9.59 Å². The summed E-state index contributed by atoms with van der Waals surface area (Å²) in [6, 6.07) is 0. The summed E-state index contributed by atoms with van der Waals surface area (Å²) in [5.41, 5.74) is -2.81. The van der Waals surface area contributed by atoms with Crippen molar-refractivity contribution in [2.45, 2.75) is 77.1 Å². The molecule has 2 N–H and O–H groups in total. The molecule has 1 fully saturated rings. The largest absolute Gasteiger partial charge is 0.456 e. The summed E-state index contributed by atoms with van der Waals surface area (Å²) >= 11 is 0. The smallest absolute Gasteiger partial charge is 0.339 e. The molecular formula is C25H32O6. The number of rotatable bonds is 6. The molecule has 0 aromatic carbocycles. The lowest BCUT2D eigenvalue weighted by Crippen LogP contribution is -2.68. The Balaban J connectivity index is 1.82. The first-order chi connectivity index (χ1) is 14.6. The molecule has 1 aliphatic heterocycles. The Morgan fingerprint density at radius 3 is 2.68 bits per heavy atom. The number of carbonyl (C=O) groups excluding carboxylic acids is 2. The Labute approximate surface area is 183 Å². The van der Waals surface area contributed by atoms with Crippen LogP contribution in [0.4, 0.5) is 0 Å². The van der Waals surface area contributed by atoms with E-state index in [1.807, 2.05) is 18.2 Å². The van der Waals surface area contributed by atoms with Crippen molar-refractivity contribution in [2.75, 3.05) is 0 Å². The summed E-state index contributed by atoms with van der Waals surface area (Å²) in [7, 11) is 0. The molecule has 0 spiro atoms. The van der Waals surface area contributed by atoms with E-state index in [9.17, 15) is 19.8 Å². The molecule has 6 nitrogen and oxygen atoms in total. The zero-order chi connectivity index (χ0) is 22.9. The average Bonchev–Trinajstić information content (AvgIpc) is 2.96. The molecule has 0 unspecified atom stereocenters. The van der Waals surface area contributed by atoms with Crippen molar-refractivity contribution in [1.29, 1.82) is 0 Å². The minimum Gasteiger partial charge on any atom is -0.456 e. The van der Waals surface area contributed by atoms with Crippen molar-refractivity contribution >= 4 is 11.9 Å². The maximum Gasteiger partial charge on any atom is 0.339 e. The van der Waals surface area contributed by atoms with Gasteiger partial charge in [0.05, 0.1) is 5.60 Å².